The van der Waals surface area contributed by atoms with Gasteiger partial charge in [-0.1, -0.05) is 47.8 Å². The zero-order valence-electron chi connectivity index (χ0n) is 18.4. The van der Waals surface area contributed by atoms with Crippen molar-refractivity contribution in [1.29, 1.82) is 0 Å². The Morgan fingerprint density at radius 3 is 2.50 bits per heavy atom. The molecule has 1 saturated heterocycles. The number of carbonyl (C=O) groups excluding carboxylic acids is 1. The zero-order chi connectivity index (χ0) is 24.5. The van der Waals surface area contributed by atoms with Crippen LogP contribution in [0.2, 0.25) is 10.0 Å². The normalized spacial score (nSPS) is 14.8. The van der Waals surface area contributed by atoms with E-state index in [1.807, 2.05) is 0 Å². The first kappa shape index (κ1) is 24.7. The van der Waals surface area contributed by atoms with Gasteiger partial charge in [-0.25, -0.2) is 12.8 Å². The van der Waals surface area contributed by atoms with E-state index in [-0.39, 0.29) is 38.7 Å². The van der Waals surface area contributed by atoms with E-state index < -0.39 is 15.9 Å². The summed E-state index contributed by atoms with van der Waals surface area (Å²) in [5, 5.41) is 6.94. The minimum Gasteiger partial charge on any atom is -0.305 e. The number of halogens is 3. The number of amides is 1. The minimum atomic E-state index is -3.87. The third-order valence-corrected chi connectivity index (χ3v) is 8.38. The van der Waals surface area contributed by atoms with Gasteiger partial charge < -0.3 is 5.32 Å². The summed E-state index contributed by atoms with van der Waals surface area (Å²) < 4.78 is 43.2. The summed E-state index contributed by atoms with van der Waals surface area (Å²) in [7, 11) is -3.87. The zero-order valence-corrected chi connectivity index (χ0v) is 20.7. The van der Waals surface area contributed by atoms with Gasteiger partial charge in [-0.15, -0.1) is 0 Å². The quantitative estimate of drug-likeness (QED) is 0.485. The van der Waals surface area contributed by atoms with Crippen LogP contribution in [0.4, 0.5) is 10.2 Å². The predicted octanol–water partition coefficient (Wildman–Crippen LogP) is 5.11. The fourth-order valence-corrected chi connectivity index (χ4v) is 6.20. The molecule has 180 valence electrons. The van der Waals surface area contributed by atoms with Crippen LogP contribution in [0.1, 0.15) is 40.9 Å². The molecule has 1 aliphatic heterocycles. The maximum atomic E-state index is 14.0. The Labute approximate surface area is 207 Å². The molecule has 3 aromatic rings. The highest BCUT2D eigenvalue weighted by Gasteiger charge is 2.30. The number of aromatic nitrogens is 2. The standard InChI is InChI=1S/C23H23Cl2FN4O3S/c1-15-11-22(28-30(15)14-16-7-3-4-8-20(16)26)27-23(31)17-12-21(19(25)13-18(17)24)34(32,33)29-9-5-2-6-10-29/h3-4,7-8,11-13H,2,5-6,9-10,14H2,1H3,(H,27,28,31). The molecule has 34 heavy (non-hydrogen) atoms. The first-order valence-corrected chi connectivity index (χ1v) is 12.9. The summed E-state index contributed by atoms with van der Waals surface area (Å²) in [6.07, 6.45) is 2.51. The van der Waals surface area contributed by atoms with Gasteiger partial charge in [0, 0.05) is 30.4 Å². The van der Waals surface area contributed by atoms with Gasteiger partial charge >= 0.3 is 0 Å². The van der Waals surface area contributed by atoms with E-state index in [1.54, 1.807) is 35.9 Å². The van der Waals surface area contributed by atoms with Crippen LogP contribution in [0, 0.1) is 12.7 Å². The molecule has 7 nitrogen and oxygen atoms in total. The summed E-state index contributed by atoms with van der Waals surface area (Å²) in [6, 6.07) is 10.5. The SMILES string of the molecule is Cc1cc(NC(=O)c2cc(S(=O)(=O)N3CCCCC3)c(Cl)cc2Cl)nn1Cc1ccccc1F. The maximum absolute atomic E-state index is 14.0. The van der Waals surface area contributed by atoms with Gasteiger partial charge in [-0.2, -0.15) is 9.40 Å². The highest BCUT2D eigenvalue weighted by atomic mass is 35.5. The molecule has 0 spiro atoms. The van der Waals surface area contributed by atoms with Crippen LogP contribution in [0.25, 0.3) is 0 Å². The second kappa shape index (κ2) is 10.0. The van der Waals surface area contributed by atoms with E-state index >= 15 is 0 Å². The van der Waals surface area contributed by atoms with Crippen molar-refractivity contribution in [1.82, 2.24) is 14.1 Å². The summed E-state index contributed by atoms with van der Waals surface area (Å²) in [5.74, 6) is -0.754. The van der Waals surface area contributed by atoms with Crippen LogP contribution >= 0.6 is 23.2 Å². The molecule has 2 heterocycles. The lowest BCUT2D eigenvalue weighted by Crippen LogP contribution is -2.35. The molecule has 2 aromatic carbocycles. The minimum absolute atomic E-state index is 0.0163. The lowest BCUT2D eigenvalue weighted by atomic mass is 10.2. The molecule has 0 aliphatic carbocycles. The number of sulfonamides is 1. The monoisotopic (exact) mass is 524 g/mol. The number of hydrogen-bond acceptors (Lipinski definition) is 4. The van der Waals surface area contributed by atoms with Gasteiger partial charge in [0.2, 0.25) is 10.0 Å². The van der Waals surface area contributed by atoms with E-state index in [1.165, 1.54) is 22.5 Å². The molecule has 11 heteroatoms. The highest BCUT2D eigenvalue weighted by Crippen LogP contribution is 2.32. The third-order valence-electron chi connectivity index (χ3n) is 5.70. The number of benzene rings is 2. The molecule has 1 amide bonds. The van der Waals surface area contributed by atoms with Crippen molar-refractivity contribution >= 4 is 45.0 Å². The first-order chi connectivity index (χ1) is 16.2. The van der Waals surface area contributed by atoms with E-state index in [0.29, 0.717) is 24.3 Å². The second-order valence-electron chi connectivity index (χ2n) is 8.10. The molecule has 1 N–H and O–H groups in total. The van der Waals surface area contributed by atoms with Gasteiger partial charge in [0.15, 0.2) is 5.82 Å². The highest BCUT2D eigenvalue weighted by molar-refractivity contribution is 7.89. The second-order valence-corrected chi connectivity index (χ2v) is 10.8. The smallest absolute Gasteiger partial charge is 0.258 e. The van der Waals surface area contributed by atoms with Crippen molar-refractivity contribution in [2.24, 2.45) is 0 Å². The number of hydrogen-bond donors (Lipinski definition) is 1. The number of nitrogens with zero attached hydrogens (tertiary/aromatic N) is 3. The molecule has 1 aromatic heterocycles. The number of anilines is 1. The van der Waals surface area contributed by atoms with Crippen LogP contribution in [-0.4, -0.2) is 41.5 Å². The van der Waals surface area contributed by atoms with Crippen molar-refractivity contribution in [3.63, 3.8) is 0 Å². The van der Waals surface area contributed by atoms with Crippen LogP contribution in [0.5, 0.6) is 0 Å². The first-order valence-electron chi connectivity index (χ1n) is 10.7. The lowest BCUT2D eigenvalue weighted by Gasteiger charge is -2.26. The molecule has 0 unspecified atom stereocenters. The van der Waals surface area contributed by atoms with Crippen LogP contribution in [0.3, 0.4) is 0 Å². The topological polar surface area (TPSA) is 84.3 Å². The molecule has 0 atom stereocenters. The molecule has 0 radical (unpaired) electrons. The third kappa shape index (κ3) is 5.12. The summed E-state index contributed by atoms with van der Waals surface area (Å²) >= 11 is 12.5. The Balaban J connectivity index is 1.58. The molecule has 0 bridgehead atoms. The van der Waals surface area contributed by atoms with Gasteiger partial charge in [-0.3, -0.25) is 9.48 Å². The molecular formula is C23H23Cl2FN4O3S. The Hall–Kier alpha value is -2.46. The van der Waals surface area contributed by atoms with Crippen LogP contribution in [0.15, 0.2) is 47.4 Å². The Morgan fingerprint density at radius 2 is 1.79 bits per heavy atom. The van der Waals surface area contributed by atoms with Gasteiger partial charge in [-0.05, 0) is 38.0 Å². The molecular weight excluding hydrogens is 502 g/mol. The number of rotatable bonds is 6. The average molecular weight is 525 g/mol. The maximum Gasteiger partial charge on any atom is 0.258 e. The lowest BCUT2D eigenvalue weighted by molar-refractivity contribution is 0.102. The molecule has 4 rings (SSSR count). The largest absolute Gasteiger partial charge is 0.305 e. The number of piperidine rings is 1. The fourth-order valence-electron chi connectivity index (χ4n) is 3.85. The Bertz CT molecular complexity index is 1340. The van der Waals surface area contributed by atoms with E-state index in [4.69, 9.17) is 23.2 Å². The summed E-state index contributed by atoms with van der Waals surface area (Å²) in [5.41, 5.74) is 1.12. The Morgan fingerprint density at radius 1 is 1.09 bits per heavy atom. The molecule has 0 saturated carbocycles. The molecule has 1 fully saturated rings. The Kier molecular flexibility index (Phi) is 7.28. The molecule has 1 aliphatic rings. The van der Waals surface area contributed by atoms with Crippen molar-refractivity contribution < 1.29 is 17.6 Å². The van der Waals surface area contributed by atoms with Crippen molar-refractivity contribution in [2.45, 2.75) is 37.6 Å². The number of carbonyl (C=O) groups is 1. The van der Waals surface area contributed by atoms with Crippen LogP contribution < -0.4 is 5.32 Å². The van der Waals surface area contributed by atoms with E-state index in [2.05, 4.69) is 10.4 Å². The van der Waals surface area contributed by atoms with Gasteiger partial charge in [0.25, 0.3) is 5.91 Å². The average Bonchev–Trinajstić information content (AvgIpc) is 3.14. The van der Waals surface area contributed by atoms with Crippen LogP contribution in [-0.2, 0) is 16.6 Å². The van der Waals surface area contributed by atoms with Crippen molar-refractivity contribution in [3.8, 4) is 0 Å². The van der Waals surface area contributed by atoms with Gasteiger partial charge in [0.05, 0.1) is 22.2 Å². The fraction of sp³-hybridized carbons (Fsp3) is 0.304. The van der Waals surface area contributed by atoms with E-state index in [9.17, 15) is 17.6 Å². The van der Waals surface area contributed by atoms with Crippen molar-refractivity contribution in [2.75, 3.05) is 18.4 Å². The number of nitrogens with one attached hydrogen (secondary N) is 1. The predicted molar refractivity (Wildman–Crippen MR) is 129 cm³/mol. The summed E-state index contributed by atoms with van der Waals surface area (Å²) in [4.78, 5) is 12.8. The summed E-state index contributed by atoms with van der Waals surface area (Å²) in [6.45, 7) is 2.78. The van der Waals surface area contributed by atoms with E-state index in [0.717, 1.165) is 19.3 Å². The van der Waals surface area contributed by atoms with Gasteiger partial charge in [0.1, 0.15) is 10.7 Å². The van der Waals surface area contributed by atoms with Crippen molar-refractivity contribution in [3.05, 3.63) is 75.1 Å². The number of aryl methyl sites for hydroxylation is 1.